The number of amides is 1. The molecule has 1 aliphatic heterocycles. The quantitative estimate of drug-likeness (QED) is 0.809. The van der Waals surface area contributed by atoms with Crippen LogP contribution in [0.4, 0.5) is 0 Å². The number of hydrogen-bond donors (Lipinski definition) is 1. The molecule has 1 aliphatic rings. The highest BCUT2D eigenvalue weighted by molar-refractivity contribution is 6.17. The van der Waals surface area contributed by atoms with Crippen LogP contribution in [0.3, 0.4) is 0 Å². The average molecular weight is 284 g/mol. The highest BCUT2D eigenvalue weighted by Crippen LogP contribution is 2.28. The maximum absolute atomic E-state index is 12.1. The number of para-hydroxylation sites is 1. The van der Waals surface area contributed by atoms with Gasteiger partial charge in [-0.3, -0.25) is 4.79 Å². The summed E-state index contributed by atoms with van der Waals surface area (Å²) < 4.78 is 10.7. The highest BCUT2D eigenvalue weighted by atomic mass is 35.5. The van der Waals surface area contributed by atoms with E-state index in [1.54, 1.807) is 7.11 Å². The molecule has 1 N–H and O–H groups in total. The lowest BCUT2D eigenvalue weighted by Crippen LogP contribution is -2.45. The molecule has 2 atom stereocenters. The lowest BCUT2D eigenvalue weighted by molar-refractivity contribution is -0.128. The third-order valence-electron chi connectivity index (χ3n) is 3.11. The summed E-state index contributed by atoms with van der Waals surface area (Å²) in [6.45, 7) is 0.456. The van der Waals surface area contributed by atoms with E-state index in [1.165, 1.54) is 0 Å². The monoisotopic (exact) mass is 283 g/mol. The zero-order valence-corrected chi connectivity index (χ0v) is 11.7. The summed E-state index contributed by atoms with van der Waals surface area (Å²) in [5.41, 5.74) is 1.07. The van der Waals surface area contributed by atoms with Gasteiger partial charge in [0.1, 0.15) is 5.75 Å². The molecular weight excluding hydrogens is 266 g/mol. The minimum absolute atomic E-state index is 0.0673. The van der Waals surface area contributed by atoms with Crippen LogP contribution in [0.15, 0.2) is 24.3 Å². The van der Waals surface area contributed by atoms with Gasteiger partial charge in [0.25, 0.3) is 5.91 Å². The minimum atomic E-state index is -0.452. The average Bonchev–Trinajstić information content (AvgIpc) is 2.83. The Kier molecular flexibility index (Phi) is 5.05. The molecule has 1 aromatic rings. The van der Waals surface area contributed by atoms with Crippen molar-refractivity contribution in [2.24, 2.45) is 0 Å². The first-order valence-corrected chi connectivity index (χ1v) is 6.88. The summed E-state index contributed by atoms with van der Waals surface area (Å²) in [6.07, 6.45) is 0.843. The summed E-state index contributed by atoms with van der Waals surface area (Å²) in [5, 5.41) is 2.92. The van der Waals surface area contributed by atoms with E-state index < -0.39 is 6.10 Å². The van der Waals surface area contributed by atoms with Crippen molar-refractivity contribution in [1.29, 1.82) is 0 Å². The molecule has 0 fully saturated rings. The van der Waals surface area contributed by atoms with Gasteiger partial charge in [-0.15, -0.1) is 11.6 Å². The Morgan fingerprint density at radius 1 is 1.58 bits per heavy atom. The van der Waals surface area contributed by atoms with E-state index in [1.807, 2.05) is 24.3 Å². The van der Waals surface area contributed by atoms with Crippen LogP contribution in [0.25, 0.3) is 0 Å². The number of methoxy groups -OCH3 is 1. The van der Waals surface area contributed by atoms with Crippen molar-refractivity contribution < 1.29 is 14.3 Å². The number of ether oxygens (including phenoxy) is 2. The normalized spacial score (nSPS) is 18.5. The van der Waals surface area contributed by atoms with E-state index in [0.29, 0.717) is 25.3 Å². The zero-order chi connectivity index (χ0) is 13.7. The lowest BCUT2D eigenvalue weighted by atomic mass is 10.1. The topological polar surface area (TPSA) is 47.6 Å². The number of carbonyl (C=O) groups is 1. The van der Waals surface area contributed by atoms with E-state index in [0.717, 1.165) is 11.3 Å². The Balaban J connectivity index is 1.91. The van der Waals surface area contributed by atoms with Crippen molar-refractivity contribution in [2.45, 2.75) is 25.0 Å². The molecule has 1 aromatic carbocycles. The molecule has 1 amide bonds. The van der Waals surface area contributed by atoms with Crippen LogP contribution in [-0.2, 0) is 16.0 Å². The standard InChI is InChI=1S/C14H18ClNO3/c1-18-9-11(6-7-15)16-14(17)13-8-10-4-2-3-5-12(10)19-13/h2-5,11,13H,6-9H2,1H3,(H,16,17). The molecule has 19 heavy (non-hydrogen) atoms. The largest absolute Gasteiger partial charge is 0.480 e. The maximum atomic E-state index is 12.1. The predicted octanol–water partition coefficient (Wildman–Crippen LogP) is 1.75. The van der Waals surface area contributed by atoms with Crippen molar-refractivity contribution in [3.63, 3.8) is 0 Å². The molecule has 0 radical (unpaired) electrons. The van der Waals surface area contributed by atoms with E-state index in [9.17, 15) is 4.79 Å². The van der Waals surface area contributed by atoms with Crippen LogP contribution >= 0.6 is 11.6 Å². The summed E-state index contributed by atoms with van der Waals surface area (Å²) in [6, 6.07) is 7.65. The third-order valence-corrected chi connectivity index (χ3v) is 3.33. The molecule has 0 aromatic heterocycles. The first-order valence-electron chi connectivity index (χ1n) is 6.34. The van der Waals surface area contributed by atoms with Gasteiger partial charge in [-0.1, -0.05) is 18.2 Å². The molecule has 0 saturated carbocycles. The van der Waals surface area contributed by atoms with Crippen molar-refractivity contribution in [2.75, 3.05) is 19.6 Å². The summed E-state index contributed by atoms with van der Waals surface area (Å²) >= 11 is 5.71. The number of rotatable bonds is 6. The number of carbonyl (C=O) groups excluding carboxylic acids is 1. The fourth-order valence-corrected chi connectivity index (χ4v) is 2.42. The van der Waals surface area contributed by atoms with Gasteiger partial charge >= 0.3 is 0 Å². The number of halogens is 1. The predicted molar refractivity (Wildman–Crippen MR) is 73.7 cm³/mol. The van der Waals surface area contributed by atoms with Crippen molar-refractivity contribution in [3.05, 3.63) is 29.8 Å². The molecule has 2 unspecified atom stereocenters. The molecule has 0 spiro atoms. The maximum Gasteiger partial charge on any atom is 0.261 e. The van der Waals surface area contributed by atoms with Crippen LogP contribution in [0.5, 0.6) is 5.75 Å². The molecule has 1 heterocycles. The van der Waals surface area contributed by atoms with Crippen LogP contribution in [0.1, 0.15) is 12.0 Å². The van der Waals surface area contributed by atoms with Gasteiger partial charge in [-0.2, -0.15) is 0 Å². The van der Waals surface area contributed by atoms with Gasteiger partial charge in [0.2, 0.25) is 0 Å². The number of fused-ring (bicyclic) bond motifs is 1. The fourth-order valence-electron chi connectivity index (χ4n) is 2.15. The second kappa shape index (κ2) is 6.78. The number of benzene rings is 1. The second-order valence-corrected chi connectivity index (χ2v) is 4.93. The first kappa shape index (κ1) is 14.2. The van der Waals surface area contributed by atoms with Crippen molar-refractivity contribution >= 4 is 17.5 Å². The molecule has 0 aliphatic carbocycles. The SMILES string of the molecule is COCC(CCCl)NC(=O)C1Cc2ccccc2O1. The Morgan fingerprint density at radius 2 is 2.37 bits per heavy atom. The van der Waals surface area contributed by atoms with Gasteiger partial charge in [-0.05, 0) is 18.1 Å². The molecular formula is C14H18ClNO3. The summed E-state index contributed by atoms with van der Waals surface area (Å²) in [7, 11) is 1.61. The van der Waals surface area contributed by atoms with E-state index >= 15 is 0 Å². The van der Waals surface area contributed by atoms with E-state index in [-0.39, 0.29) is 11.9 Å². The molecule has 0 bridgehead atoms. The van der Waals surface area contributed by atoms with Gasteiger partial charge in [0.05, 0.1) is 12.6 Å². The van der Waals surface area contributed by atoms with Crippen molar-refractivity contribution in [1.82, 2.24) is 5.32 Å². The van der Waals surface area contributed by atoms with Crippen LogP contribution in [0, 0.1) is 0 Å². The van der Waals surface area contributed by atoms with Gasteiger partial charge in [-0.25, -0.2) is 0 Å². The first-order chi connectivity index (χ1) is 9.24. The Labute approximate surface area is 118 Å². The molecule has 5 heteroatoms. The molecule has 0 saturated heterocycles. The number of nitrogens with one attached hydrogen (secondary N) is 1. The van der Waals surface area contributed by atoms with Crippen molar-refractivity contribution in [3.8, 4) is 5.75 Å². The van der Waals surface area contributed by atoms with Crippen LogP contribution in [-0.4, -0.2) is 37.6 Å². The number of hydrogen-bond acceptors (Lipinski definition) is 3. The van der Waals surface area contributed by atoms with Gasteiger partial charge < -0.3 is 14.8 Å². The Morgan fingerprint density at radius 3 is 3.05 bits per heavy atom. The molecule has 4 nitrogen and oxygen atoms in total. The minimum Gasteiger partial charge on any atom is -0.480 e. The van der Waals surface area contributed by atoms with E-state index in [4.69, 9.17) is 21.1 Å². The van der Waals surface area contributed by atoms with Gasteiger partial charge in [0.15, 0.2) is 6.10 Å². The Bertz CT molecular complexity index is 407. The fraction of sp³-hybridized carbons (Fsp3) is 0.500. The number of alkyl halides is 1. The summed E-state index contributed by atoms with van der Waals surface area (Å²) in [5.74, 6) is 1.17. The van der Waals surface area contributed by atoms with Crippen LogP contribution < -0.4 is 10.1 Å². The molecule has 104 valence electrons. The Hall–Kier alpha value is -1.26. The van der Waals surface area contributed by atoms with Crippen LogP contribution in [0.2, 0.25) is 0 Å². The smallest absolute Gasteiger partial charge is 0.261 e. The molecule has 2 rings (SSSR count). The zero-order valence-electron chi connectivity index (χ0n) is 10.9. The third kappa shape index (κ3) is 3.61. The van der Waals surface area contributed by atoms with E-state index in [2.05, 4.69) is 5.32 Å². The van der Waals surface area contributed by atoms with Gasteiger partial charge in [0, 0.05) is 19.4 Å². The highest BCUT2D eigenvalue weighted by Gasteiger charge is 2.29. The summed E-state index contributed by atoms with van der Waals surface area (Å²) in [4.78, 5) is 12.1. The second-order valence-electron chi connectivity index (χ2n) is 4.56. The lowest BCUT2D eigenvalue weighted by Gasteiger charge is -2.19.